The zero-order valence-corrected chi connectivity index (χ0v) is 11.2. The molecule has 17 heavy (non-hydrogen) atoms. The smallest absolute Gasteiger partial charge is 0.223 e. The van der Waals surface area contributed by atoms with Crippen LogP contribution < -0.4 is 5.73 Å². The molecule has 0 aromatic rings. The van der Waals surface area contributed by atoms with Crippen LogP contribution in [0.5, 0.6) is 0 Å². The highest BCUT2D eigenvalue weighted by Crippen LogP contribution is 2.17. The lowest BCUT2D eigenvalue weighted by Gasteiger charge is -2.20. The summed E-state index contributed by atoms with van der Waals surface area (Å²) >= 11 is 0. The van der Waals surface area contributed by atoms with Crippen LogP contribution in [0.4, 0.5) is 0 Å². The fourth-order valence-corrected chi connectivity index (χ4v) is 2.05. The second kappa shape index (κ2) is 10.2. The lowest BCUT2D eigenvalue weighted by Crippen LogP contribution is -2.31. The maximum atomic E-state index is 11.9. The second-order valence-corrected chi connectivity index (χ2v) is 4.38. The number of hydrogen-bond donors (Lipinski definition) is 1. The first-order valence-corrected chi connectivity index (χ1v) is 6.60. The second-order valence-electron chi connectivity index (χ2n) is 4.38. The summed E-state index contributed by atoms with van der Waals surface area (Å²) in [4.78, 5) is 13.6. The van der Waals surface area contributed by atoms with E-state index in [1.165, 1.54) is 0 Å². The van der Waals surface area contributed by atoms with E-state index in [9.17, 15) is 4.79 Å². The number of carbonyl (C=O) groups is 1. The van der Waals surface area contributed by atoms with E-state index in [-0.39, 0.29) is 5.91 Å². The zero-order chi connectivity index (χ0) is 13.1. The highest BCUT2D eigenvalue weighted by atomic mass is 16.2. The molecule has 1 amide bonds. The van der Waals surface area contributed by atoms with Crippen LogP contribution >= 0.6 is 0 Å². The van der Waals surface area contributed by atoms with Gasteiger partial charge in [0.25, 0.3) is 0 Å². The molecule has 0 aliphatic rings. The van der Waals surface area contributed by atoms with Crippen molar-refractivity contribution in [1.82, 2.24) is 4.90 Å². The van der Waals surface area contributed by atoms with Gasteiger partial charge in [-0.25, -0.2) is 0 Å². The largest absolute Gasteiger partial charge is 0.332 e. The van der Waals surface area contributed by atoms with E-state index in [1.54, 1.807) is 4.90 Å². The molecule has 98 valence electrons. The maximum absolute atomic E-state index is 11.9. The van der Waals surface area contributed by atoms with Gasteiger partial charge >= 0.3 is 0 Å². The third-order valence-electron chi connectivity index (χ3n) is 3.05. The normalized spacial score (nSPS) is 11.9. The van der Waals surface area contributed by atoms with Crippen LogP contribution in [0.2, 0.25) is 0 Å². The van der Waals surface area contributed by atoms with E-state index >= 15 is 0 Å². The molecule has 0 fully saturated rings. The van der Waals surface area contributed by atoms with Gasteiger partial charge in [0.05, 0.1) is 6.54 Å². The van der Waals surface area contributed by atoms with E-state index < -0.39 is 0 Å². The maximum Gasteiger partial charge on any atom is 0.223 e. The van der Waals surface area contributed by atoms with Gasteiger partial charge < -0.3 is 10.6 Å². The molecule has 3 nitrogen and oxygen atoms in total. The first kappa shape index (κ1) is 16.0. The van der Waals surface area contributed by atoms with Gasteiger partial charge in [0, 0.05) is 13.0 Å². The summed E-state index contributed by atoms with van der Waals surface area (Å²) in [6, 6.07) is 0. The molecule has 0 heterocycles. The van der Waals surface area contributed by atoms with Crippen molar-refractivity contribution in [3.63, 3.8) is 0 Å². The lowest BCUT2D eigenvalue weighted by atomic mass is 9.94. The van der Waals surface area contributed by atoms with Crippen molar-refractivity contribution in [3.05, 3.63) is 0 Å². The third-order valence-corrected chi connectivity index (χ3v) is 3.05. The molecule has 0 aromatic heterocycles. The minimum atomic E-state index is 0.170. The lowest BCUT2D eigenvalue weighted by molar-refractivity contribution is -0.130. The average Bonchev–Trinajstić information content (AvgIpc) is 2.33. The molecule has 0 saturated carbocycles. The van der Waals surface area contributed by atoms with Crippen LogP contribution in [0.1, 0.15) is 46.0 Å². The molecule has 0 spiro atoms. The predicted molar refractivity (Wildman–Crippen MR) is 72.4 cm³/mol. The molecule has 0 radical (unpaired) electrons. The Hall–Kier alpha value is -1.01. The molecule has 0 rings (SSSR count). The Balaban J connectivity index is 4.05. The SMILES string of the molecule is C#CCN(CC)C(=O)CCC(CCC)CCN. The topological polar surface area (TPSA) is 46.3 Å². The highest BCUT2D eigenvalue weighted by molar-refractivity contribution is 5.76. The van der Waals surface area contributed by atoms with Gasteiger partial charge in [0.2, 0.25) is 5.91 Å². The van der Waals surface area contributed by atoms with Gasteiger partial charge in [-0.15, -0.1) is 6.42 Å². The van der Waals surface area contributed by atoms with Crippen molar-refractivity contribution in [3.8, 4) is 12.3 Å². The fraction of sp³-hybridized carbons (Fsp3) is 0.786. The molecule has 0 bridgehead atoms. The average molecular weight is 238 g/mol. The highest BCUT2D eigenvalue weighted by Gasteiger charge is 2.13. The Morgan fingerprint density at radius 2 is 2.06 bits per heavy atom. The Labute approximate surface area is 106 Å². The molecule has 0 aliphatic carbocycles. The van der Waals surface area contributed by atoms with Crippen LogP contribution in [0.3, 0.4) is 0 Å². The van der Waals surface area contributed by atoms with Crippen molar-refractivity contribution >= 4 is 5.91 Å². The fourth-order valence-electron chi connectivity index (χ4n) is 2.05. The molecular weight excluding hydrogens is 212 g/mol. The number of hydrogen-bond acceptors (Lipinski definition) is 2. The van der Waals surface area contributed by atoms with E-state index in [0.717, 1.165) is 25.7 Å². The minimum Gasteiger partial charge on any atom is -0.332 e. The van der Waals surface area contributed by atoms with Crippen LogP contribution in [-0.4, -0.2) is 30.4 Å². The molecule has 2 N–H and O–H groups in total. The van der Waals surface area contributed by atoms with E-state index in [2.05, 4.69) is 12.8 Å². The first-order chi connectivity index (χ1) is 8.19. The Morgan fingerprint density at radius 1 is 1.35 bits per heavy atom. The van der Waals surface area contributed by atoms with Gasteiger partial charge in [-0.2, -0.15) is 0 Å². The van der Waals surface area contributed by atoms with Crippen LogP contribution in [-0.2, 0) is 4.79 Å². The summed E-state index contributed by atoms with van der Waals surface area (Å²) in [6.45, 7) is 5.95. The summed E-state index contributed by atoms with van der Waals surface area (Å²) < 4.78 is 0. The third kappa shape index (κ3) is 7.01. The number of carbonyl (C=O) groups excluding carboxylic acids is 1. The van der Waals surface area contributed by atoms with Crippen molar-refractivity contribution in [1.29, 1.82) is 0 Å². The first-order valence-electron chi connectivity index (χ1n) is 6.60. The number of rotatable bonds is 9. The van der Waals surface area contributed by atoms with Crippen molar-refractivity contribution in [2.75, 3.05) is 19.6 Å². The van der Waals surface area contributed by atoms with Crippen molar-refractivity contribution < 1.29 is 4.79 Å². The molecule has 0 aromatic carbocycles. The van der Waals surface area contributed by atoms with E-state index in [0.29, 0.717) is 32.0 Å². The molecule has 1 unspecified atom stereocenters. The number of nitrogens with two attached hydrogens (primary N) is 1. The van der Waals surface area contributed by atoms with Crippen molar-refractivity contribution in [2.24, 2.45) is 11.7 Å². The zero-order valence-electron chi connectivity index (χ0n) is 11.2. The standard InChI is InChI=1S/C14H26N2O/c1-4-7-13(10-11-15)8-9-14(17)16(6-3)12-5-2/h2,13H,4,6-12,15H2,1,3H3. The van der Waals surface area contributed by atoms with Crippen molar-refractivity contribution in [2.45, 2.75) is 46.0 Å². The summed E-state index contributed by atoms with van der Waals surface area (Å²) in [7, 11) is 0. The van der Waals surface area contributed by atoms with Gasteiger partial charge in [-0.1, -0.05) is 25.7 Å². The van der Waals surface area contributed by atoms with Gasteiger partial charge in [-0.3, -0.25) is 4.79 Å². The van der Waals surface area contributed by atoms with Gasteiger partial charge in [0.1, 0.15) is 0 Å². The quantitative estimate of drug-likeness (QED) is 0.625. The summed E-state index contributed by atoms with van der Waals surface area (Å²) in [5.41, 5.74) is 5.58. The Kier molecular flexibility index (Phi) is 9.56. The number of terminal acetylenes is 1. The van der Waals surface area contributed by atoms with Crippen LogP contribution in [0, 0.1) is 18.3 Å². The van der Waals surface area contributed by atoms with E-state index in [1.807, 2.05) is 6.92 Å². The molecule has 0 aliphatic heterocycles. The Morgan fingerprint density at radius 3 is 2.53 bits per heavy atom. The summed E-state index contributed by atoms with van der Waals surface area (Å²) in [5.74, 6) is 3.27. The summed E-state index contributed by atoms with van der Waals surface area (Å²) in [6.07, 6.45) is 10.1. The number of amides is 1. The van der Waals surface area contributed by atoms with E-state index in [4.69, 9.17) is 12.2 Å². The molecule has 0 saturated heterocycles. The predicted octanol–water partition coefficient (Wildman–Crippen LogP) is 2.01. The molecule has 1 atom stereocenters. The minimum absolute atomic E-state index is 0.170. The Bertz CT molecular complexity index is 239. The van der Waals surface area contributed by atoms with Crippen LogP contribution in [0.25, 0.3) is 0 Å². The van der Waals surface area contributed by atoms with Gasteiger partial charge in [0.15, 0.2) is 0 Å². The van der Waals surface area contributed by atoms with Crippen LogP contribution in [0.15, 0.2) is 0 Å². The molecular formula is C14H26N2O. The number of nitrogens with zero attached hydrogens (tertiary/aromatic N) is 1. The summed E-state index contributed by atoms with van der Waals surface area (Å²) in [5, 5.41) is 0. The molecule has 3 heteroatoms. The van der Waals surface area contributed by atoms with Gasteiger partial charge in [-0.05, 0) is 32.2 Å². The monoisotopic (exact) mass is 238 g/mol.